The molecule has 7 heteroatoms. The maximum Gasteiger partial charge on any atom is 0.351 e. The maximum absolute atomic E-state index is 12.9. The molecule has 1 amide bonds. The van der Waals surface area contributed by atoms with E-state index in [2.05, 4.69) is 13.8 Å². The molecule has 5 aliphatic rings. The fourth-order valence-corrected chi connectivity index (χ4v) is 9.33. The van der Waals surface area contributed by atoms with E-state index in [-0.39, 0.29) is 29.5 Å². The van der Waals surface area contributed by atoms with Crippen LogP contribution in [0.1, 0.15) is 85.5 Å². The minimum Gasteiger partial charge on any atom is -0.463 e. The van der Waals surface area contributed by atoms with E-state index in [4.69, 9.17) is 19.9 Å². The minimum absolute atomic E-state index is 0.0568. The summed E-state index contributed by atoms with van der Waals surface area (Å²) >= 11 is 0. The molecule has 0 aromatic rings. The second-order valence-corrected chi connectivity index (χ2v) is 11.9. The van der Waals surface area contributed by atoms with Crippen LogP contribution in [0.2, 0.25) is 0 Å². The highest BCUT2D eigenvalue weighted by atomic mass is 16.7. The van der Waals surface area contributed by atoms with Crippen molar-refractivity contribution < 1.29 is 28.6 Å². The van der Waals surface area contributed by atoms with Crippen LogP contribution in [0.4, 0.5) is 0 Å². The highest BCUT2D eigenvalue weighted by Gasteiger charge is 2.88. The summed E-state index contributed by atoms with van der Waals surface area (Å²) in [5.74, 6) is 0.684. The van der Waals surface area contributed by atoms with Crippen molar-refractivity contribution in [1.82, 2.24) is 0 Å². The SMILES string of the molecule is CCOC(=O)[C@@]1(C(N)=O)O[C@@]12CC[C@H]1[C@H]3CC[C@H]4C[C@@H](OC(C)=O)CC[C@]4(C)[C@H]3CC[C@@]12C. The lowest BCUT2D eigenvalue weighted by Gasteiger charge is -2.60. The summed E-state index contributed by atoms with van der Waals surface area (Å²) in [6, 6.07) is 0. The van der Waals surface area contributed by atoms with Gasteiger partial charge in [0.25, 0.3) is 11.5 Å². The molecule has 5 fully saturated rings. The lowest BCUT2D eigenvalue weighted by atomic mass is 9.44. The molecule has 0 unspecified atom stereocenters. The Morgan fingerprint density at radius 1 is 1.00 bits per heavy atom. The first-order valence-corrected chi connectivity index (χ1v) is 12.9. The predicted molar refractivity (Wildman–Crippen MR) is 120 cm³/mol. The lowest BCUT2D eigenvalue weighted by Crippen LogP contribution is -2.57. The van der Waals surface area contributed by atoms with Crippen LogP contribution in [0.25, 0.3) is 0 Å². The second kappa shape index (κ2) is 7.43. The molecule has 0 aromatic heterocycles. The molecule has 4 aliphatic carbocycles. The van der Waals surface area contributed by atoms with Crippen molar-refractivity contribution in [3.8, 4) is 0 Å². The minimum atomic E-state index is -1.62. The maximum atomic E-state index is 12.9. The van der Waals surface area contributed by atoms with E-state index in [1.807, 2.05) is 0 Å². The normalized spacial score (nSPS) is 50.0. The summed E-state index contributed by atoms with van der Waals surface area (Å²) in [7, 11) is 0. The number of primary amides is 1. The van der Waals surface area contributed by atoms with Gasteiger partial charge in [0.1, 0.15) is 11.7 Å². The molecule has 7 nitrogen and oxygen atoms in total. The van der Waals surface area contributed by atoms with Crippen molar-refractivity contribution in [3.63, 3.8) is 0 Å². The van der Waals surface area contributed by atoms with Crippen LogP contribution in [-0.4, -0.2) is 41.8 Å². The Bertz CT molecular complexity index is 875. The van der Waals surface area contributed by atoms with Gasteiger partial charge in [-0.15, -0.1) is 0 Å². The predicted octanol–water partition coefficient (Wildman–Crippen LogP) is 3.52. The van der Waals surface area contributed by atoms with Gasteiger partial charge in [-0.3, -0.25) is 9.59 Å². The molecule has 184 valence electrons. The Hall–Kier alpha value is -1.63. The number of esters is 2. The third kappa shape index (κ3) is 2.86. The van der Waals surface area contributed by atoms with Crippen LogP contribution in [0.15, 0.2) is 0 Å². The van der Waals surface area contributed by atoms with Gasteiger partial charge in [0, 0.05) is 12.3 Å². The number of hydrogen-bond acceptors (Lipinski definition) is 6. The molecule has 0 aromatic carbocycles. The Morgan fingerprint density at radius 3 is 2.39 bits per heavy atom. The molecule has 0 bridgehead atoms. The highest BCUT2D eigenvalue weighted by molar-refractivity contribution is 6.10. The van der Waals surface area contributed by atoms with Gasteiger partial charge >= 0.3 is 11.9 Å². The zero-order valence-corrected chi connectivity index (χ0v) is 20.5. The third-order valence-electron chi connectivity index (χ3n) is 10.8. The Kier molecular flexibility index (Phi) is 5.21. The van der Waals surface area contributed by atoms with Crippen molar-refractivity contribution in [2.24, 2.45) is 40.2 Å². The van der Waals surface area contributed by atoms with Crippen LogP contribution in [-0.2, 0) is 28.6 Å². The standard InChI is InChI=1S/C26H39NO6/c1-5-31-22(30)26(21(27)29)25(33-26)13-10-20-18-7-6-16-14-17(32-15(2)28)8-11-23(16,3)19(18)9-12-24(20,25)4/h16-20H,5-14H2,1-4H3,(H2,27,29)/t16-,17-,18-,19-,20-,23-,24-,25+,26+/m0/s1. The summed E-state index contributed by atoms with van der Waals surface area (Å²) < 4.78 is 17.0. The average molecular weight is 462 g/mol. The Labute approximate surface area is 196 Å². The topological polar surface area (TPSA) is 108 Å². The number of nitrogens with two attached hydrogens (primary N) is 1. The molecule has 9 atom stereocenters. The van der Waals surface area contributed by atoms with Crippen LogP contribution >= 0.6 is 0 Å². The van der Waals surface area contributed by atoms with E-state index in [0.717, 1.165) is 51.4 Å². The fraction of sp³-hybridized carbons (Fsp3) is 0.885. The van der Waals surface area contributed by atoms with E-state index in [1.54, 1.807) is 6.92 Å². The number of carbonyl (C=O) groups is 3. The van der Waals surface area contributed by atoms with E-state index in [1.165, 1.54) is 6.92 Å². The molecule has 4 saturated carbocycles. The number of amides is 1. The van der Waals surface area contributed by atoms with Gasteiger partial charge in [-0.25, -0.2) is 4.79 Å². The first-order valence-electron chi connectivity index (χ1n) is 12.9. The number of ether oxygens (including phenoxy) is 3. The molecular formula is C26H39NO6. The lowest BCUT2D eigenvalue weighted by molar-refractivity contribution is -0.160. The van der Waals surface area contributed by atoms with Gasteiger partial charge in [0.2, 0.25) is 0 Å². The zero-order chi connectivity index (χ0) is 23.8. The van der Waals surface area contributed by atoms with Gasteiger partial charge in [-0.1, -0.05) is 13.8 Å². The van der Waals surface area contributed by atoms with E-state index < -0.39 is 23.1 Å². The van der Waals surface area contributed by atoms with Crippen LogP contribution in [0.5, 0.6) is 0 Å². The molecule has 33 heavy (non-hydrogen) atoms. The second-order valence-electron chi connectivity index (χ2n) is 11.9. The number of epoxide rings is 1. The first-order chi connectivity index (χ1) is 15.6. The molecule has 1 spiro atoms. The summed E-state index contributed by atoms with van der Waals surface area (Å²) in [5.41, 5.74) is 3.34. The quantitative estimate of drug-likeness (QED) is 0.390. The molecule has 1 saturated heterocycles. The van der Waals surface area contributed by atoms with E-state index in [0.29, 0.717) is 30.1 Å². The monoisotopic (exact) mass is 461 g/mol. The molecule has 1 heterocycles. The number of hydrogen-bond donors (Lipinski definition) is 1. The van der Waals surface area contributed by atoms with Crippen molar-refractivity contribution in [2.45, 2.75) is 103 Å². The van der Waals surface area contributed by atoms with Gasteiger partial charge in [0.05, 0.1) is 6.61 Å². The van der Waals surface area contributed by atoms with Crippen molar-refractivity contribution >= 4 is 17.8 Å². The van der Waals surface area contributed by atoms with Gasteiger partial charge in [-0.05, 0) is 93.8 Å². The van der Waals surface area contributed by atoms with Crippen molar-refractivity contribution in [2.75, 3.05) is 6.61 Å². The number of fused-ring (bicyclic) bond motifs is 6. The van der Waals surface area contributed by atoms with Crippen LogP contribution in [0, 0.1) is 34.5 Å². The fourth-order valence-electron chi connectivity index (χ4n) is 9.33. The largest absolute Gasteiger partial charge is 0.463 e. The Balaban J connectivity index is 1.39. The molecule has 1 aliphatic heterocycles. The smallest absolute Gasteiger partial charge is 0.351 e. The third-order valence-corrected chi connectivity index (χ3v) is 10.8. The summed E-state index contributed by atoms with van der Waals surface area (Å²) in [4.78, 5) is 37.0. The van der Waals surface area contributed by atoms with Gasteiger partial charge in [0.15, 0.2) is 0 Å². The van der Waals surface area contributed by atoms with Crippen molar-refractivity contribution in [3.05, 3.63) is 0 Å². The van der Waals surface area contributed by atoms with Crippen LogP contribution < -0.4 is 5.73 Å². The van der Waals surface area contributed by atoms with E-state index >= 15 is 0 Å². The summed E-state index contributed by atoms with van der Waals surface area (Å²) in [5, 5.41) is 0. The van der Waals surface area contributed by atoms with E-state index in [9.17, 15) is 14.4 Å². The zero-order valence-electron chi connectivity index (χ0n) is 20.5. The molecule has 0 radical (unpaired) electrons. The Morgan fingerprint density at radius 2 is 1.73 bits per heavy atom. The highest BCUT2D eigenvalue weighted by Crippen LogP contribution is 2.76. The first kappa shape index (κ1) is 23.1. The molecule has 2 N–H and O–H groups in total. The van der Waals surface area contributed by atoms with Gasteiger partial charge < -0.3 is 19.9 Å². The van der Waals surface area contributed by atoms with Crippen molar-refractivity contribution in [1.29, 1.82) is 0 Å². The molecular weight excluding hydrogens is 422 g/mol. The number of rotatable bonds is 4. The molecule has 5 rings (SSSR count). The summed E-state index contributed by atoms with van der Waals surface area (Å²) in [6.07, 6.45) is 9.02. The number of carbonyl (C=O) groups excluding carboxylic acids is 3. The summed E-state index contributed by atoms with van der Waals surface area (Å²) in [6.45, 7) is 8.14. The average Bonchev–Trinajstić information content (AvgIpc) is 3.36. The van der Waals surface area contributed by atoms with Gasteiger partial charge in [-0.2, -0.15) is 0 Å². The van der Waals surface area contributed by atoms with Crippen LogP contribution in [0.3, 0.4) is 0 Å².